The first-order valence-corrected chi connectivity index (χ1v) is 2.68. The molecule has 0 aliphatic carbocycles. The fraction of sp³-hybridized carbons (Fsp3) is 0. The summed E-state index contributed by atoms with van der Waals surface area (Å²) in [5, 5.41) is 0. The van der Waals surface area contributed by atoms with Gasteiger partial charge >= 0.3 is 46.8 Å². The van der Waals surface area contributed by atoms with E-state index in [0.29, 0.717) is 0 Å². The van der Waals surface area contributed by atoms with Gasteiger partial charge in [-0.05, 0) is 0 Å². The fourth-order valence-electron chi connectivity index (χ4n) is 0. The molecule has 0 atom stereocenters. The molecule has 0 aromatic carbocycles. The maximum absolute atomic E-state index is 7.33. The van der Waals surface area contributed by atoms with Gasteiger partial charge in [-0.25, -0.2) is 0 Å². The molecule has 0 spiro atoms. The summed E-state index contributed by atoms with van der Waals surface area (Å²) in [4.78, 5) is 29.3. The molecule has 4 nitrogen and oxygen atoms in total. The summed E-state index contributed by atoms with van der Waals surface area (Å²) >= 11 is 0. The summed E-state index contributed by atoms with van der Waals surface area (Å²) in [5.74, 6) is 0. The molecule has 0 aromatic rings. The minimum atomic E-state index is -4.61. The van der Waals surface area contributed by atoms with E-state index in [-0.39, 0.29) is 74.7 Å². The zero-order valence-corrected chi connectivity index (χ0v) is 9.22. The molecule has 0 aliphatic heterocycles. The molecule has 0 aromatic heterocycles. The molecule has 0 fully saturated rings. The standard InChI is InChI=1S/Ca.Fe.Mn.H4O4Si.2H/c;;;1-5(2,3)4;;/h;;;1-4H;;/q+2;;;;2*-1. The van der Waals surface area contributed by atoms with Gasteiger partial charge in [-0.2, -0.15) is 0 Å². The van der Waals surface area contributed by atoms with Gasteiger partial charge in [0.1, 0.15) is 0 Å². The van der Waals surface area contributed by atoms with Crippen LogP contribution in [0.25, 0.3) is 0 Å². The summed E-state index contributed by atoms with van der Waals surface area (Å²) < 4.78 is 0. The second-order valence-electron chi connectivity index (χ2n) is 0.600. The summed E-state index contributed by atoms with van der Waals surface area (Å²) in [5.41, 5.74) is 0. The van der Waals surface area contributed by atoms with E-state index in [1.54, 1.807) is 0 Å². The molecule has 0 amide bonds. The van der Waals surface area contributed by atoms with Crippen LogP contribution in [-0.2, 0) is 34.1 Å². The largest absolute Gasteiger partial charge is 2.00 e. The van der Waals surface area contributed by atoms with Crippen LogP contribution in [0.1, 0.15) is 2.85 Å². The number of hydrogen-bond donors (Lipinski definition) is 4. The smallest absolute Gasteiger partial charge is 1.00 e. The molecular formula is H6CaFeMnO4Si. The van der Waals surface area contributed by atoms with Gasteiger partial charge < -0.3 is 22.0 Å². The van der Waals surface area contributed by atoms with Crippen LogP contribution in [0, 0.1) is 0 Å². The van der Waals surface area contributed by atoms with E-state index < -0.39 is 9.05 Å². The van der Waals surface area contributed by atoms with Crippen molar-refractivity contribution in [2.75, 3.05) is 0 Å². The average Bonchev–Trinajstić information content (AvgIpc) is 0.722. The molecule has 51 valence electrons. The Bertz CT molecular complexity index is 38.7. The Morgan fingerprint density at radius 3 is 1.00 bits per heavy atom. The van der Waals surface area contributed by atoms with E-state index in [4.69, 9.17) is 19.2 Å². The van der Waals surface area contributed by atoms with Gasteiger partial charge in [0.15, 0.2) is 0 Å². The maximum atomic E-state index is 7.33. The van der Waals surface area contributed by atoms with Crippen LogP contribution in [0.15, 0.2) is 0 Å². The summed E-state index contributed by atoms with van der Waals surface area (Å²) in [6, 6.07) is 0. The normalized spacial score (nSPS) is 7.50. The van der Waals surface area contributed by atoms with Crippen molar-refractivity contribution in [3.05, 3.63) is 0 Å². The number of rotatable bonds is 0. The third-order valence-corrected chi connectivity index (χ3v) is 0. The molecule has 0 unspecified atom stereocenters. The SMILES string of the molecule is O[Si](O)(O)O.[Ca+2].[Fe].[H-].[H-].[Mn]. The molecule has 8 heteroatoms. The van der Waals surface area contributed by atoms with Gasteiger partial charge in [0, 0.05) is 34.1 Å². The molecular weight excluding hydrogens is 243 g/mol. The Morgan fingerprint density at radius 2 is 1.00 bits per heavy atom. The van der Waals surface area contributed by atoms with Crippen LogP contribution < -0.4 is 0 Å². The summed E-state index contributed by atoms with van der Waals surface area (Å²) in [7, 11) is -4.61. The Kier molecular flexibility index (Phi) is 26.2. The van der Waals surface area contributed by atoms with E-state index in [2.05, 4.69) is 0 Å². The minimum absolute atomic E-state index is 0. The van der Waals surface area contributed by atoms with Crippen LogP contribution in [0.2, 0.25) is 0 Å². The Hall–Kier alpha value is 2.36. The van der Waals surface area contributed by atoms with Gasteiger partial charge in [0.05, 0.1) is 0 Å². The van der Waals surface area contributed by atoms with Gasteiger partial charge in [-0.1, -0.05) is 0 Å². The summed E-state index contributed by atoms with van der Waals surface area (Å²) in [6.45, 7) is 0. The van der Waals surface area contributed by atoms with Crippen molar-refractivity contribution in [3.63, 3.8) is 0 Å². The van der Waals surface area contributed by atoms with Crippen LogP contribution in [0.3, 0.4) is 0 Å². The van der Waals surface area contributed by atoms with Crippen LogP contribution in [0.5, 0.6) is 0 Å². The Labute approximate surface area is 102 Å². The minimum Gasteiger partial charge on any atom is -1.00 e. The predicted molar refractivity (Wildman–Crippen MR) is 22.6 cm³/mol. The quantitative estimate of drug-likeness (QED) is 0.350. The fourth-order valence-corrected chi connectivity index (χ4v) is 0. The topological polar surface area (TPSA) is 80.9 Å². The van der Waals surface area contributed by atoms with E-state index >= 15 is 0 Å². The molecule has 0 aliphatic rings. The van der Waals surface area contributed by atoms with Crippen LogP contribution in [-0.4, -0.2) is 66.0 Å². The van der Waals surface area contributed by atoms with Crippen molar-refractivity contribution in [3.8, 4) is 0 Å². The zero-order chi connectivity index (χ0) is 4.50. The van der Waals surface area contributed by atoms with Crippen molar-refractivity contribution in [1.29, 1.82) is 0 Å². The number of hydrogen-bond acceptors (Lipinski definition) is 4. The van der Waals surface area contributed by atoms with Gasteiger partial charge in [-0.15, -0.1) is 0 Å². The van der Waals surface area contributed by atoms with Crippen molar-refractivity contribution in [2.24, 2.45) is 0 Å². The molecule has 8 heavy (non-hydrogen) atoms. The average molecular weight is 249 g/mol. The van der Waals surface area contributed by atoms with Crippen molar-refractivity contribution >= 4 is 46.8 Å². The first-order valence-electron chi connectivity index (χ1n) is 0.894. The molecule has 0 bridgehead atoms. The molecule has 0 rings (SSSR count). The van der Waals surface area contributed by atoms with Crippen molar-refractivity contribution in [2.45, 2.75) is 0 Å². The van der Waals surface area contributed by atoms with Gasteiger partial charge in [0.2, 0.25) is 0 Å². The molecule has 4 N–H and O–H groups in total. The Morgan fingerprint density at radius 1 is 1.00 bits per heavy atom. The first kappa shape index (κ1) is 22.4. The van der Waals surface area contributed by atoms with Crippen molar-refractivity contribution < 1.29 is 56.2 Å². The maximum Gasteiger partial charge on any atom is 2.00 e. The van der Waals surface area contributed by atoms with Gasteiger partial charge in [0.25, 0.3) is 0 Å². The summed E-state index contributed by atoms with van der Waals surface area (Å²) in [6.07, 6.45) is 0. The third kappa shape index (κ3) is 81.5. The molecule has 0 heterocycles. The van der Waals surface area contributed by atoms with Gasteiger partial charge in [-0.3, -0.25) is 0 Å². The van der Waals surface area contributed by atoms with Crippen LogP contribution >= 0.6 is 0 Å². The van der Waals surface area contributed by atoms with Crippen LogP contribution in [0.4, 0.5) is 0 Å². The monoisotopic (exact) mass is 249 g/mol. The Balaban J connectivity index is -0.00000000800. The molecule has 0 saturated carbocycles. The second kappa shape index (κ2) is 9.36. The van der Waals surface area contributed by atoms with Crippen molar-refractivity contribution in [1.82, 2.24) is 0 Å². The predicted octanol–water partition coefficient (Wildman–Crippen LogP) is -2.77. The zero-order valence-electron chi connectivity index (χ0n) is 5.73. The molecule has 1 radical (unpaired) electrons. The van der Waals surface area contributed by atoms with E-state index in [9.17, 15) is 0 Å². The third-order valence-electron chi connectivity index (χ3n) is 0. The second-order valence-corrected chi connectivity index (χ2v) is 1.80. The van der Waals surface area contributed by atoms with E-state index in [1.807, 2.05) is 0 Å². The van der Waals surface area contributed by atoms with E-state index in [1.165, 1.54) is 0 Å². The first-order chi connectivity index (χ1) is 2.00. The van der Waals surface area contributed by atoms with E-state index in [0.717, 1.165) is 0 Å². The molecule has 0 saturated heterocycles.